The summed E-state index contributed by atoms with van der Waals surface area (Å²) in [7, 11) is 0. The lowest BCUT2D eigenvalue weighted by Crippen LogP contribution is -2.18. The highest BCUT2D eigenvalue weighted by Gasteiger charge is 2.36. The monoisotopic (exact) mass is 494 g/mol. The van der Waals surface area contributed by atoms with E-state index in [9.17, 15) is 4.79 Å². The van der Waals surface area contributed by atoms with E-state index in [0.717, 1.165) is 53.0 Å². The Kier molecular flexibility index (Phi) is 7.88. The van der Waals surface area contributed by atoms with Crippen LogP contribution in [0.25, 0.3) is 0 Å². The standard InChI is InChI=1S/C15H20O.C14H15BrO/c1-3-12-9-11(2)10-14(12)15(16)13-7-5-4-6-8-13;15-13-3-5-14(6-4-13)16-9-12-8-10-1-2-11(12)7-10/h4-8,11-12,14H,3,9-10H2,1-2H3;1-6,10-12H,7-9H2. The van der Waals surface area contributed by atoms with E-state index in [1.54, 1.807) is 0 Å². The van der Waals surface area contributed by atoms with Crippen LogP contribution < -0.4 is 4.74 Å². The molecule has 0 amide bonds. The van der Waals surface area contributed by atoms with E-state index >= 15 is 0 Å². The zero-order valence-corrected chi connectivity index (χ0v) is 20.8. The van der Waals surface area contributed by atoms with Gasteiger partial charge in [-0.2, -0.15) is 0 Å². The van der Waals surface area contributed by atoms with Crippen molar-refractivity contribution in [3.05, 3.63) is 76.8 Å². The number of ketones is 1. The fraction of sp³-hybridized carbons (Fsp3) is 0.483. The lowest BCUT2D eigenvalue weighted by atomic mass is 9.87. The predicted octanol–water partition coefficient (Wildman–Crippen LogP) is 7.98. The van der Waals surface area contributed by atoms with E-state index < -0.39 is 0 Å². The molecule has 2 aromatic rings. The molecule has 0 heterocycles. The molecule has 2 fully saturated rings. The molecule has 0 radical (unpaired) electrons. The van der Waals surface area contributed by atoms with Crippen molar-refractivity contribution in [2.75, 3.05) is 6.61 Å². The van der Waals surface area contributed by atoms with Gasteiger partial charge in [0.2, 0.25) is 0 Å². The minimum atomic E-state index is 0.266. The molecule has 0 N–H and O–H groups in total. The molecule has 2 saturated carbocycles. The molecule has 3 aliphatic carbocycles. The van der Waals surface area contributed by atoms with Crippen molar-refractivity contribution in [1.82, 2.24) is 0 Å². The summed E-state index contributed by atoms with van der Waals surface area (Å²) in [6.45, 7) is 5.34. The van der Waals surface area contributed by atoms with Gasteiger partial charge in [0.1, 0.15) is 5.75 Å². The smallest absolute Gasteiger partial charge is 0.166 e. The van der Waals surface area contributed by atoms with Gasteiger partial charge in [-0.05, 0) is 79.5 Å². The average Bonchev–Trinajstić information content (AvgIpc) is 3.55. The molecule has 6 unspecified atom stereocenters. The van der Waals surface area contributed by atoms with Crippen molar-refractivity contribution in [1.29, 1.82) is 0 Å². The highest BCUT2D eigenvalue weighted by Crippen LogP contribution is 2.43. The molecule has 6 atom stereocenters. The Bertz CT molecular complexity index is 905. The minimum absolute atomic E-state index is 0.266. The second-order valence-corrected chi connectivity index (χ2v) is 10.8. The maximum atomic E-state index is 12.4. The number of rotatable bonds is 6. The topological polar surface area (TPSA) is 26.3 Å². The summed E-state index contributed by atoms with van der Waals surface area (Å²) >= 11 is 3.42. The molecule has 0 aromatic heterocycles. The Balaban J connectivity index is 0.000000153. The fourth-order valence-electron chi connectivity index (χ4n) is 5.81. The maximum Gasteiger partial charge on any atom is 0.166 e. The van der Waals surface area contributed by atoms with Crippen LogP contribution in [0.5, 0.6) is 5.75 Å². The molecule has 2 nitrogen and oxygen atoms in total. The number of ether oxygens (including phenoxy) is 1. The first-order valence-corrected chi connectivity index (χ1v) is 13.0. The van der Waals surface area contributed by atoms with Crippen molar-refractivity contribution in [2.45, 2.75) is 46.0 Å². The second kappa shape index (κ2) is 10.8. The van der Waals surface area contributed by atoms with E-state index in [2.05, 4.69) is 41.9 Å². The fourth-order valence-corrected chi connectivity index (χ4v) is 6.08. The Morgan fingerprint density at radius 3 is 2.31 bits per heavy atom. The first-order valence-electron chi connectivity index (χ1n) is 12.2. The van der Waals surface area contributed by atoms with Gasteiger partial charge in [-0.1, -0.05) is 78.7 Å². The third-order valence-corrected chi connectivity index (χ3v) is 8.07. The van der Waals surface area contributed by atoms with Crippen LogP contribution in [0.1, 0.15) is 56.3 Å². The van der Waals surface area contributed by atoms with Gasteiger partial charge in [0.15, 0.2) is 5.78 Å². The molecule has 0 saturated heterocycles. The number of hydrogen-bond donors (Lipinski definition) is 0. The average molecular weight is 496 g/mol. The van der Waals surface area contributed by atoms with Crippen LogP contribution in [-0.4, -0.2) is 12.4 Å². The molecule has 5 rings (SSSR count). The zero-order chi connectivity index (χ0) is 22.5. The van der Waals surface area contributed by atoms with Gasteiger partial charge in [0.05, 0.1) is 6.61 Å². The largest absolute Gasteiger partial charge is 0.493 e. The normalized spacial score (nSPS) is 30.1. The van der Waals surface area contributed by atoms with Crippen LogP contribution in [-0.2, 0) is 0 Å². The first kappa shape index (κ1) is 23.3. The number of benzene rings is 2. The van der Waals surface area contributed by atoms with E-state index in [-0.39, 0.29) is 5.92 Å². The van der Waals surface area contributed by atoms with Crippen molar-refractivity contribution >= 4 is 21.7 Å². The van der Waals surface area contributed by atoms with Crippen LogP contribution in [0.2, 0.25) is 0 Å². The lowest BCUT2D eigenvalue weighted by Gasteiger charge is -2.18. The summed E-state index contributed by atoms with van der Waals surface area (Å²) in [5.74, 6) is 5.27. The number of allylic oxidation sites excluding steroid dienone is 2. The minimum Gasteiger partial charge on any atom is -0.493 e. The van der Waals surface area contributed by atoms with Gasteiger partial charge in [-0.25, -0.2) is 0 Å². The third kappa shape index (κ3) is 5.73. The number of halogens is 1. The highest BCUT2D eigenvalue weighted by molar-refractivity contribution is 9.10. The van der Waals surface area contributed by atoms with Gasteiger partial charge >= 0.3 is 0 Å². The van der Waals surface area contributed by atoms with Crippen molar-refractivity contribution in [3.63, 3.8) is 0 Å². The van der Waals surface area contributed by atoms with Crippen molar-refractivity contribution < 1.29 is 9.53 Å². The molecule has 32 heavy (non-hydrogen) atoms. The van der Waals surface area contributed by atoms with Crippen LogP contribution in [0, 0.1) is 35.5 Å². The Morgan fingerprint density at radius 1 is 0.938 bits per heavy atom. The summed E-state index contributed by atoms with van der Waals surface area (Å²) in [5.41, 5.74) is 0.889. The second-order valence-electron chi connectivity index (χ2n) is 9.89. The summed E-state index contributed by atoms with van der Waals surface area (Å²) in [6.07, 6.45) is 10.9. The summed E-state index contributed by atoms with van der Waals surface area (Å²) in [4.78, 5) is 12.4. The third-order valence-electron chi connectivity index (χ3n) is 7.54. The number of carbonyl (C=O) groups is 1. The first-order chi connectivity index (χ1) is 15.5. The number of carbonyl (C=O) groups excluding carboxylic acids is 1. The van der Waals surface area contributed by atoms with E-state index in [1.807, 2.05) is 54.6 Å². The maximum absolute atomic E-state index is 12.4. The van der Waals surface area contributed by atoms with Gasteiger partial charge < -0.3 is 4.74 Å². The Morgan fingerprint density at radius 2 is 1.69 bits per heavy atom. The number of hydrogen-bond acceptors (Lipinski definition) is 2. The van der Waals surface area contributed by atoms with Gasteiger partial charge in [0.25, 0.3) is 0 Å². The summed E-state index contributed by atoms with van der Waals surface area (Å²) < 4.78 is 6.94. The quantitative estimate of drug-likeness (QED) is 0.300. The highest BCUT2D eigenvalue weighted by atomic mass is 79.9. The van der Waals surface area contributed by atoms with E-state index in [4.69, 9.17) is 4.74 Å². The molecule has 0 spiro atoms. The van der Waals surface area contributed by atoms with Crippen molar-refractivity contribution in [2.24, 2.45) is 35.5 Å². The molecule has 170 valence electrons. The number of fused-ring (bicyclic) bond motifs is 2. The van der Waals surface area contributed by atoms with Crippen molar-refractivity contribution in [3.8, 4) is 5.75 Å². The summed E-state index contributed by atoms with van der Waals surface area (Å²) in [5, 5.41) is 0. The van der Waals surface area contributed by atoms with E-state index in [1.165, 1.54) is 19.3 Å². The molecule has 2 bridgehead atoms. The van der Waals surface area contributed by atoms with Crippen LogP contribution in [0.3, 0.4) is 0 Å². The molecule has 0 aliphatic heterocycles. The van der Waals surface area contributed by atoms with Gasteiger partial charge in [-0.3, -0.25) is 4.79 Å². The SMILES string of the molecule is Brc1ccc(OCC2CC3C=CC2C3)cc1.CCC1CC(C)CC1C(=O)c1ccccc1. The molecular formula is C29H35BrO2. The zero-order valence-electron chi connectivity index (χ0n) is 19.3. The van der Waals surface area contributed by atoms with Crippen LogP contribution in [0.15, 0.2) is 71.2 Å². The Labute approximate surface area is 201 Å². The summed E-state index contributed by atoms with van der Waals surface area (Å²) in [6, 6.07) is 17.8. The Hall–Kier alpha value is -1.87. The molecule has 3 aliphatic rings. The van der Waals surface area contributed by atoms with Gasteiger partial charge in [-0.15, -0.1) is 0 Å². The predicted molar refractivity (Wildman–Crippen MR) is 135 cm³/mol. The molecular weight excluding hydrogens is 460 g/mol. The van der Waals surface area contributed by atoms with Gasteiger partial charge in [0, 0.05) is 16.0 Å². The van der Waals surface area contributed by atoms with Crippen LogP contribution >= 0.6 is 15.9 Å². The van der Waals surface area contributed by atoms with E-state index in [0.29, 0.717) is 17.6 Å². The van der Waals surface area contributed by atoms with Crippen LogP contribution in [0.4, 0.5) is 0 Å². The molecule has 2 aromatic carbocycles. The lowest BCUT2D eigenvalue weighted by molar-refractivity contribution is 0.0888. The molecule has 3 heteroatoms. The number of Topliss-reactive ketones (excluding diaryl/α,β-unsaturated/α-hetero) is 1.